The SMILES string of the molecule is CCC(Nc1cnccc1Cl)C1CC1. The molecule has 1 aliphatic rings. The Balaban J connectivity index is 2.04. The van der Waals surface area contributed by atoms with Gasteiger partial charge in [0.15, 0.2) is 0 Å². The van der Waals surface area contributed by atoms with Crippen molar-refractivity contribution in [2.24, 2.45) is 5.92 Å². The zero-order valence-electron chi connectivity index (χ0n) is 8.33. The Hall–Kier alpha value is -0.760. The molecule has 1 heterocycles. The summed E-state index contributed by atoms with van der Waals surface area (Å²) in [6.45, 7) is 2.21. The Morgan fingerprint density at radius 2 is 2.43 bits per heavy atom. The van der Waals surface area contributed by atoms with Gasteiger partial charge in [-0.3, -0.25) is 4.98 Å². The van der Waals surface area contributed by atoms with Gasteiger partial charge in [0.1, 0.15) is 0 Å². The van der Waals surface area contributed by atoms with Crippen LogP contribution in [0.3, 0.4) is 0 Å². The zero-order valence-corrected chi connectivity index (χ0v) is 9.09. The van der Waals surface area contributed by atoms with Gasteiger partial charge in [-0.25, -0.2) is 0 Å². The van der Waals surface area contributed by atoms with Gasteiger partial charge in [0.25, 0.3) is 0 Å². The number of anilines is 1. The van der Waals surface area contributed by atoms with Crippen LogP contribution >= 0.6 is 11.6 Å². The second-order valence-corrected chi connectivity index (χ2v) is 4.26. The average Bonchev–Trinajstić information content (AvgIpc) is 3.00. The number of nitrogens with zero attached hydrogens (tertiary/aromatic N) is 1. The highest BCUT2D eigenvalue weighted by Crippen LogP contribution is 2.36. The fourth-order valence-corrected chi connectivity index (χ4v) is 1.89. The molecular formula is C11H15ClN2. The lowest BCUT2D eigenvalue weighted by Crippen LogP contribution is -2.20. The van der Waals surface area contributed by atoms with Gasteiger partial charge in [0, 0.05) is 12.2 Å². The van der Waals surface area contributed by atoms with Crippen molar-refractivity contribution in [2.75, 3.05) is 5.32 Å². The Kier molecular flexibility index (Phi) is 2.92. The van der Waals surface area contributed by atoms with E-state index in [1.807, 2.05) is 6.07 Å². The quantitative estimate of drug-likeness (QED) is 0.825. The molecule has 1 atom stereocenters. The summed E-state index contributed by atoms with van der Waals surface area (Å²) in [4.78, 5) is 4.07. The Bertz CT molecular complexity index is 310. The average molecular weight is 211 g/mol. The molecule has 14 heavy (non-hydrogen) atoms. The van der Waals surface area contributed by atoms with Crippen molar-refractivity contribution in [1.82, 2.24) is 4.98 Å². The first-order valence-electron chi connectivity index (χ1n) is 5.17. The summed E-state index contributed by atoms with van der Waals surface area (Å²) in [5.74, 6) is 0.844. The molecule has 0 aromatic carbocycles. The van der Waals surface area contributed by atoms with Gasteiger partial charge in [-0.1, -0.05) is 18.5 Å². The van der Waals surface area contributed by atoms with E-state index in [4.69, 9.17) is 11.6 Å². The van der Waals surface area contributed by atoms with Crippen LogP contribution in [0.2, 0.25) is 5.02 Å². The van der Waals surface area contributed by atoms with Crippen molar-refractivity contribution in [3.8, 4) is 0 Å². The number of hydrogen-bond acceptors (Lipinski definition) is 2. The van der Waals surface area contributed by atoms with E-state index in [-0.39, 0.29) is 0 Å². The molecule has 0 bridgehead atoms. The molecule has 1 aromatic heterocycles. The smallest absolute Gasteiger partial charge is 0.0718 e. The molecule has 1 unspecified atom stereocenters. The maximum atomic E-state index is 6.05. The molecule has 3 heteroatoms. The lowest BCUT2D eigenvalue weighted by Gasteiger charge is -2.17. The van der Waals surface area contributed by atoms with Crippen LogP contribution in [0, 0.1) is 5.92 Å². The topological polar surface area (TPSA) is 24.9 Å². The third-order valence-electron chi connectivity index (χ3n) is 2.74. The molecule has 0 radical (unpaired) electrons. The fraction of sp³-hybridized carbons (Fsp3) is 0.545. The van der Waals surface area contributed by atoms with Gasteiger partial charge < -0.3 is 5.32 Å². The van der Waals surface area contributed by atoms with Crippen molar-refractivity contribution in [3.63, 3.8) is 0 Å². The Morgan fingerprint density at radius 1 is 1.64 bits per heavy atom. The van der Waals surface area contributed by atoms with Gasteiger partial charge in [0.2, 0.25) is 0 Å². The van der Waals surface area contributed by atoms with E-state index in [9.17, 15) is 0 Å². The first kappa shape index (κ1) is 9.78. The fourth-order valence-electron chi connectivity index (χ4n) is 1.74. The van der Waals surface area contributed by atoms with E-state index in [0.717, 1.165) is 23.0 Å². The van der Waals surface area contributed by atoms with E-state index in [1.165, 1.54) is 12.8 Å². The van der Waals surface area contributed by atoms with Crippen molar-refractivity contribution < 1.29 is 0 Å². The second-order valence-electron chi connectivity index (χ2n) is 3.85. The highest BCUT2D eigenvalue weighted by atomic mass is 35.5. The summed E-state index contributed by atoms with van der Waals surface area (Å²) in [5, 5.41) is 4.23. The van der Waals surface area contributed by atoms with Crippen molar-refractivity contribution in [2.45, 2.75) is 32.2 Å². The van der Waals surface area contributed by atoms with Crippen LogP contribution in [0.5, 0.6) is 0 Å². The molecule has 0 amide bonds. The van der Waals surface area contributed by atoms with E-state index in [1.54, 1.807) is 12.4 Å². The van der Waals surface area contributed by atoms with Crippen LogP contribution in [-0.4, -0.2) is 11.0 Å². The lowest BCUT2D eigenvalue weighted by molar-refractivity contribution is 0.616. The summed E-state index contributed by atoms with van der Waals surface area (Å²) in [6.07, 6.45) is 7.36. The predicted molar refractivity (Wildman–Crippen MR) is 59.7 cm³/mol. The molecule has 1 aliphatic carbocycles. The standard InChI is InChI=1S/C11H15ClN2/c1-2-10(8-3-4-8)14-11-7-13-6-5-9(11)12/h5-8,10,14H,2-4H2,1H3. The van der Waals surface area contributed by atoms with Crippen LogP contribution in [0.25, 0.3) is 0 Å². The number of aromatic nitrogens is 1. The van der Waals surface area contributed by atoms with Crippen molar-refractivity contribution in [3.05, 3.63) is 23.5 Å². The summed E-state index contributed by atoms with van der Waals surface area (Å²) in [5.41, 5.74) is 0.966. The molecule has 1 N–H and O–H groups in total. The van der Waals surface area contributed by atoms with E-state index < -0.39 is 0 Å². The van der Waals surface area contributed by atoms with Gasteiger partial charge in [-0.15, -0.1) is 0 Å². The Morgan fingerprint density at radius 3 is 3.00 bits per heavy atom. The summed E-state index contributed by atoms with van der Waals surface area (Å²) < 4.78 is 0. The second kappa shape index (κ2) is 4.18. The summed E-state index contributed by atoms with van der Waals surface area (Å²) >= 11 is 6.05. The molecular weight excluding hydrogens is 196 g/mol. The monoisotopic (exact) mass is 210 g/mol. The molecule has 0 spiro atoms. The number of pyridine rings is 1. The van der Waals surface area contributed by atoms with Gasteiger partial charge in [-0.2, -0.15) is 0 Å². The first-order chi connectivity index (χ1) is 6.81. The number of hydrogen-bond donors (Lipinski definition) is 1. The van der Waals surface area contributed by atoms with Crippen LogP contribution in [0.1, 0.15) is 26.2 Å². The number of rotatable bonds is 4. The largest absolute Gasteiger partial charge is 0.380 e. The van der Waals surface area contributed by atoms with E-state index in [2.05, 4.69) is 17.2 Å². The molecule has 1 fully saturated rings. The minimum atomic E-state index is 0.566. The zero-order chi connectivity index (χ0) is 9.97. The molecule has 2 nitrogen and oxygen atoms in total. The minimum Gasteiger partial charge on any atom is -0.380 e. The van der Waals surface area contributed by atoms with Crippen LogP contribution in [0.4, 0.5) is 5.69 Å². The van der Waals surface area contributed by atoms with Gasteiger partial charge in [-0.05, 0) is 31.2 Å². The van der Waals surface area contributed by atoms with Crippen LogP contribution < -0.4 is 5.32 Å². The van der Waals surface area contributed by atoms with Crippen LogP contribution in [0.15, 0.2) is 18.5 Å². The highest BCUT2D eigenvalue weighted by Gasteiger charge is 2.30. The highest BCUT2D eigenvalue weighted by molar-refractivity contribution is 6.33. The maximum absolute atomic E-state index is 6.05. The van der Waals surface area contributed by atoms with Crippen LogP contribution in [-0.2, 0) is 0 Å². The third kappa shape index (κ3) is 2.18. The van der Waals surface area contributed by atoms with Crippen molar-refractivity contribution >= 4 is 17.3 Å². The molecule has 2 rings (SSSR count). The normalized spacial score (nSPS) is 17.9. The maximum Gasteiger partial charge on any atom is 0.0718 e. The summed E-state index contributed by atoms with van der Waals surface area (Å²) in [6, 6.07) is 2.39. The molecule has 76 valence electrons. The molecule has 0 aliphatic heterocycles. The van der Waals surface area contributed by atoms with Crippen molar-refractivity contribution in [1.29, 1.82) is 0 Å². The third-order valence-corrected chi connectivity index (χ3v) is 3.07. The summed E-state index contributed by atoms with van der Waals surface area (Å²) in [7, 11) is 0. The Labute approximate surface area is 89.7 Å². The van der Waals surface area contributed by atoms with Gasteiger partial charge >= 0.3 is 0 Å². The van der Waals surface area contributed by atoms with E-state index in [0.29, 0.717) is 6.04 Å². The number of nitrogens with one attached hydrogen (secondary N) is 1. The number of halogens is 1. The van der Waals surface area contributed by atoms with E-state index >= 15 is 0 Å². The minimum absolute atomic E-state index is 0.566. The predicted octanol–water partition coefficient (Wildman–Crippen LogP) is 3.34. The van der Waals surface area contributed by atoms with Gasteiger partial charge in [0.05, 0.1) is 16.9 Å². The molecule has 1 aromatic rings. The lowest BCUT2D eigenvalue weighted by atomic mass is 10.1. The molecule has 1 saturated carbocycles. The molecule has 0 saturated heterocycles. The first-order valence-corrected chi connectivity index (χ1v) is 5.55.